The van der Waals surface area contributed by atoms with Gasteiger partial charge in [0.2, 0.25) is 5.91 Å². The summed E-state index contributed by atoms with van der Waals surface area (Å²) in [5.41, 5.74) is -0.324. The first-order chi connectivity index (χ1) is 16.3. The van der Waals surface area contributed by atoms with Crippen LogP contribution in [0.15, 0.2) is 36.5 Å². The minimum absolute atomic E-state index is 0.0243. The van der Waals surface area contributed by atoms with Gasteiger partial charge in [-0.3, -0.25) is 14.9 Å². The zero-order chi connectivity index (χ0) is 23.6. The van der Waals surface area contributed by atoms with Gasteiger partial charge in [0, 0.05) is 23.6 Å². The summed E-state index contributed by atoms with van der Waals surface area (Å²) in [7, 11) is 0. The third-order valence-electron chi connectivity index (χ3n) is 7.41. The van der Waals surface area contributed by atoms with E-state index in [2.05, 4.69) is 15.4 Å². The van der Waals surface area contributed by atoms with Crippen LogP contribution in [-0.4, -0.2) is 27.2 Å². The quantitative estimate of drug-likeness (QED) is 0.483. The Bertz CT molecular complexity index is 1240. The standard InChI is InChI=1S/C24H22F4N4O2/c25-12-3-4-17-16(7-12)18(5-6-29-17)34-13-8-14-15(9-13)22(14)21(11-1-2-11)23(33)30-20-10-19(31-32-20)24(26,27)28/h3-7,10-11,13-15,21-22H,1-2,8-9H2,(H2,30,31,32,33)/t13?,14-,15+,21?,22?. The van der Waals surface area contributed by atoms with Crippen molar-refractivity contribution < 1.29 is 27.1 Å². The summed E-state index contributed by atoms with van der Waals surface area (Å²) >= 11 is 0. The minimum atomic E-state index is -4.54. The largest absolute Gasteiger partial charge is 0.490 e. The molecule has 3 aliphatic rings. The molecule has 3 aromatic rings. The van der Waals surface area contributed by atoms with E-state index in [0.29, 0.717) is 28.5 Å². The number of anilines is 1. The number of fused-ring (bicyclic) bond motifs is 2. The van der Waals surface area contributed by atoms with E-state index in [1.54, 1.807) is 18.3 Å². The molecule has 34 heavy (non-hydrogen) atoms. The molecule has 2 N–H and O–H groups in total. The molecular weight excluding hydrogens is 452 g/mol. The van der Waals surface area contributed by atoms with Crippen LogP contribution in [0, 0.1) is 35.4 Å². The molecule has 3 saturated carbocycles. The van der Waals surface area contributed by atoms with Gasteiger partial charge in [-0.2, -0.15) is 18.3 Å². The van der Waals surface area contributed by atoms with Gasteiger partial charge < -0.3 is 10.1 Å². The predicted octanol–water partition coefficient (Wildman–Crippen LogP) is 5.18. The Kier molecular flexibility index (Phi) is 4.82. The second kappa shape index (κ2) is 7.68. The van der Waals surface area contributed by atoms with Crippen molar-refractivity contribution in [2.24, 2.45) is 29.6 Å². The van der Waals surface area contributed by atoms with Crippen LogP contribution < -0.4 is 10.1 Å². The topological polar surface area (TPSA) is 79.9 Å². The van der Waals surface area contributed by atoms with E-state index in [4.69, 9.17) is 4.74 Å². The summed E-state index contributed by atoms with van der Waals surface area (Å²) in [5.74, 6) is 0.829. The van der Waals surface area contributed by atoms with E-state index < -0.39 is 11.9 Å². The molecule has 2 heterocycles. The van der Waals surface area contributed by atoms with E-state index in [9.17, 15) is 22.4 Å². The van der Waals surface area contributed by atoms with E-state index in [-0.39, 0.29) is 41.4 Å². The molecule has 0 aliphatic heterocycles. The van der Waals surface area contributed by atoms with Crippen molar-refractivity contribution in [2.45, 2.75) is 38.0 Å². The number of hydrogen-bond acceptors (Lipinski definition) is 4. The molecule has 10 heteroatoms. The van der Waals surface area contributed by atoms with Gasteiger partial charge in [-0.1, -0.05) is 0 Å². The lowest BCUT2D eigenvalue weighted by Gasteiger charge is -2.21. The zero-order valence-electron chi connectivity index (χ0n) is 18.0. The molecule has 0 radical (unpaired) electrons. The van der Waals surface area contributed by atoms with Gasteiger partial charge >= 0.3 is 6.18 Å². The fourth-order valence-electron chi connectivity index (χ4n) is 5.75. The Balaban J connectivity index is 1.11. The molecule has 0 bridgehead atoms. The minimum Gasteiger partial charge on any atom is -0.490 e. The number of halogens is 4. The average Bonchev–Trinajstić information content (AvgIpc) is 3.61. The first-order valence-electron chi connectivity index (χ1n) is 11.4. The summed E-state index contributed by atoms with van der Waals surface area (Å²) in [6, 6.07) is 6.97. The molecule has 178 valence electrons. The second-order valence-corrected chi connectivity index (χ2v) is 9.60. The third kappa shape index (κ3) is 3.88. The Labute approximate surface area is 192 Å². The number of hydrogen-bond donors (Lipinski definition) is 2. The molecule has 5 atom stereocenters. The number of alkyl halides is 3. The summed E-state index contributed by atoms with van der Waals surface area (Å²) in [5, 5.41) is 8.75. The normalized spacial score (nSPS) is 26.8. The third-order valence-corrected chi connectivity index (χ3v) is 7.41. The van der Waals surface area contributed by atoms with Crippen LogP contribution in [0.2, 0.25) is 0 Å². The Hall–Kier alpha value is -3.17. The molecule has 1 amide bonds. The van der Waals surface area contributed by atoms with Gasteiger partial charge in [0.05, 0.1) is 11.6 Å². The van der Waals surface area contributed by atoms with Gasteiger partial charge in [0.15, 0.2) is 5.82 Å². The molecule has 1 aromatic carbocycles. The van der Waals surface area contributed by atoms with Crippen molar-refractivity contribution in [2.75, 3.05) is 5.32 Å². The van der Waals surface area contributed by atoms with E-state index in [0.717, 1.165) is 31.7 Å². The average molecular weight is 474 g/mol. The highest BCUT2D eigenvalue weighted by atomic mass is 19.4. The second-order valence-electron chi connectivity index (χ2n) is 9.60. The van der Waals surface area contributed by atoms with Gasteiger partial charge in [0.1, 0.15) is 17.3 Å². The molecule has 6 nitrogen and oxygen atoms in total. The lowest BCUT2D eigenvalue weighted by molar-refractivity contribution is -0.141. The van der Waals surface area contributed by atoms with Crippen molar-refractivity contribution in [1.29, 1.82) is 0 Å². The number of amides is 1. The number of carbonyl (C=O) groups excluding carboxylic acids is 1. The highest BCUT2D eigenvalue weighted by Gasteiger charge is 2.63. The molecule has 2 aromatic heterocycles. The number of carbonyl (C=O) groups is 1. The summed E-state index contributed by atoms with van der Waals surface area (Å²) < 4.78 is 58.4. The van der Waals surface area contributed by atoms with E-state index in [1.807, 2.05) is 5.10 Å². The van der Waals surface area contributed by atoms with Crippen molar-refractivity contribution in [1.82, 2.24) is 15.2 Å². The maximum Gasteiger partial charge on any atom is 0.432 e. The maximum atomic E-state index is 13.7. The van der Waals surface area contributed by atoms with Crippen LogP contribution >= 0.6 is 0 Å². The van der Waals surface area contributed by atoms with E-state index in [1.165, 1.54) is 12.1 Å². The van der Waals surface area contributed by atoms with Gasteiger partial charge in [-0.05, 0) is 73.6 Å². The lowest BCUT2D eigenvalue weighted by Crippen LogP contribution is -2.29. The van der Waals surface area contributed by atoms with Crippen LogP contribution in [0.5, 0.6) is 5.75 Å². The van der Waals surface area contributed by atoms with Crippen molar-refractivity contribution in [3.63, 3.8) is 0 Å². The smallest absolute Gasteiger partial charge is 0.432 e. The SMILES string of the molecule is O=C(Nc1cc(C(F)(F)F)[nH]n1)C(C1CC1)C1[C@H]2CC(Oc3ccnc4ccc(F)cc34)C[C@@H]12. The highest BCUT2D eigenvalue weighted by molar-refractivity contribution is 5.92. The molecule has 3 fully saturated rings. The number of nitrogens with one attached hydrogen (secondary N) is 2. The summed E-state index contributed by atoms with van der Waals surface area (Å²) in [4.78, 5) is 17.2. The van der Waals surface area contributed by atoms with Crippen LogP contribution in [0.1, 0.15) is 31.4 Å². The van der Waals surface area contributed by atoms with Crippen LogP contribution in [-0.2, 0) is 11.0 Å². The van der Waals surface area contributed by atoms with Gasteiger partial charge in [0.25, 0.3) is 0 Å². The van der Waals surface area contributed by atoms with Crippen LogP contribution in [0.25, 0.3) is 10.9 Å². The summed E-state index contributed by atoms with van der Waals surface area (Å²) in [6.07, 6.45) is 0.579. The number of rotatable bonds is 6. The number of ether oxygens (including phenoxy) is 1. The van der Waals surface area contributed by atoms with Crippen molar-refractivity contribution >= 4 is 22.6 Å². The monoisotopic (exact) mass is 474 g/mol. The van der Waals surface area contributed by atoms with Crippen molar-refractivity contribution in [3.05, 3.63) is 48.0 Å². The fraction of sp³-hybridized carbons (Fsp3) is 0.458. The first kappa shape index (κ1) is 21.4. The molecule has 6 rings (SSSR count). The number of pyridine rings is 1. The van der Waals surface area contributed by atoms with Gasteiger partial charge in [-0.25, -0.2) is 4.39 Å². The maximum absolute atomic E-state index is 13.7. The first-order valence-corrected chi connectivity index (χ1v) is 11.4. The van der Waals surface area contributed by atoms with Crippen molar-refractivity contribution in [3.8, 4) is 5.75 Å². The predicted molar refractivity (Wildman–Crippen MR) is 114 cm³/mol. The van der Waals surface area contributed by atoms with Crippen LogP contribution in [0.3, 0.4) is 0 Å². The van der Waals surface area contributed by atoms with E-state index >= 15 is 0 Å². The molecule has 0 spiro atoms. The Morgan fingerprint density at radius 3 is 2.59 bits per heavy atom. The number of benzene rings is 1. The molecule has 3 unspecified atom stereocenters. The zero-order valence-corrected chi connectivity index (χ0v) is 18.0. The number of H-pyrrole nitrogens is 1. The summed E-state index contributed by atoms with van der Waals surface area (Å²) in [6.45, 7) is 0. The van der Waals surface area contributed by atoms with Crippen LogP contribution in [0.4, 0.5) is 23.4 Å². The molecule has 3 aliphatic carbocycles. The number of aromatic amines is 1. The molecule has 0 saturated heterocycles. The Morgan fingerprint density at radius 2 is 1.91 bits per heavy atom. The fourth-order valence-corrected chi connectivity index (χ4v) is 5.75. The Morgan fingerprint density at radius 1 is 1.15 bits per heavy atom. The number of nitrogens with zero attached hydrogens (tertiary/aromatic N) is 2. The number of aromatic nitrogens is 3. The highest BCUT2D eigenvalue weighted by Crippen LogP contribution is 2.64. The molecular formula is C24H22F4N4O2. The van der Waals surface area contributed by atoms with Gasteiger partial charge in [-0.15, -0.1) is 0 Å². The lowest BCUT2D eigenvalue weighted by atomic mass is 9.91.